The molecule has 0 aliphatic heterocycles. The second-order valence-corrected chi connectivity index (χ2v) is 2.17. The molecule has 0 aromatic rings. The third-order valence-electron chi connectivity index (χ3n) is 1.42. The van der Waals surface area contributed by atoms with Gasteiger partial charge >= 0.3 is 0 Å². The van der Waals surface area contributed by atoms with E-state index in [0.717, 1.165) is 16.8 Å². The first-order chi connectivity index (χ1) is 4.09. The van der Waals surface area contributed by atoms with Crippen LogP contribution < -0.4 is 11.3 Å². The predicted octanol–water partition coefficient (Wildman–Crippen LogP) is 1.32. The fourth-order valence-corrected chi connectivity index (χ4v) is 0.428. The number of rotatable bonds is 2. The van der Waals surface area contributed by atoms with Crippen LogP contribution in [0.4, 0.5) is 0 Å². The molecule has 0 unspecified atom stereocenters. The smallest absolute Gasteiger partial charge is 0.0259 e. The first-order valence-electron chi connectivity index (χ1n) is 2.89. The second kappa shape index (κ2) is 3.30. The lowest BCUT2D eigenvalue weighted by Gasteiger charge is -2.04. The van der Waals surface area contributed by atoms with Crippen molar-refractivity contribution in [2.45, 2.75) is 20.8 Å². The minimum Gasteiger partial charge on any atom is -0.328 e. The Balaban J connectivity index is 4.28. The third-order valence-corrected chi connectivity index (χ3v) is 1.42. The van der Waals surface area contributed by atoms with Gasteiger partial charge in [0.15, 0.2) is 0 Å². The third kappa shape index (κ3) is 2.33. The summed E-state index contributed by atoms with van der Waals surface area (Å²) in [6.45, 7) is 9.63. The van der Waals surface area contributed by atoms with Gasteiger partial charge in [0.1, 0.15) is 0 Å². The van der Waals surface area contributed by atoms with E-state index in [1.54, 1.807) is 0 Å². The normalized spacial score (nSPS) is 12.4. The summed E-state index contributed by atoms with van der Waals surface area (Å²) in [7, 11) is 0. The van der Waals surface area contributed by atoms with Crippen LogP contribution in [0.5, 0.6) is 0 Å². The standard InChI is InChI=1S/C7H14N2/c1-5(2)6(3)7(4)9-8/h9H,1,8H2,2-4H3/b7-6-. The van der Waals surface area contributed by atoms with Crippen molar-refractivity contribution in [1.82, 2.24) is 5.43 Å². The first kappa shape index (κ1) is 8.24. The van der Waals surface area contributed by atoms with Crippen LogP contribution in [0.3, 0.4) is 0 Å². The molecular weight excluding hydrogens is 112 g/mol. The average Bonchev–Trinajstić information content (AvgIpc) is 1.84. The monoisotopic (exact) mass is 126 g/mol. The quantitative estimate of drug-likeness (QED) is 0.332. The van der Waals surface area contributed by atoms with Crippen molar-refractivity contribution in [3.8, 4) is 0 Å². The summed E-state index contributed by atoms with van der Waals surface area (Å²) in [4.78, 5) is 0. The molecule has 9 heavy (non-hydrogen) atoms. The fourth-order valence-electron chi connectivity index (χ4n) is 0.428. The zero-order valence-corrected chi connectivity index (χ0v) is 6.28. The number of hydrazine groups is 1. The van der Waals surface area contributed by atoms with E-state index in [0.29, 0.717) is 0 Å². The van der Waals surface area contributed by atoms with Gasteiger partial charge in [-0.05, 0) is 26.3 Å². The molecule has 0 aliphatic carbocycles. The number of nitrogens with one attached hydrogen (secondary N) is 1. The predicted molar refractivity (Wildman–Crippen MR) is 40.5 cm³/mol. The molecule has 0 bridgehead atoms. The highest BCUT2D eigenvalue weighted by molar-refractivity contribution is 5.27. The van der Waals surface area contributed by atoms with Crippen LogP contribution in [0.1, 0.15) is 20.8 Å². The zero-order chi connectivity index (χ0) is 7.44. The Morgan fingerprint density at radius 2 is 1.78 bits per heavy atom. The molecular formula is C7H14N2. The van der Waals surface area contributed by atoms with Crippen molar-refractivity contribution in [3.05, 3.63) is 23.4 Å². The van der Waals surface area contributed by atoms with Gasteiger partial charge in [0.05, 0.1) is 0 Å². The Morgan fingerprint density at radius 3 is 1.89 bits per heavy atom. The minimum absolute atomic E-state index is 0.975. The molecule has 0 aliphatic rings. The highest BCUT2D eigenvalue weighted by Crippen LogP contribution is 2.07. The van der Waals surface area contributed by atoms with E-state index in [9.17, 15) is 0 Å². The van der Waals surface area contributed by atoms with Crippen LogP contribution in [-0.2, 0) is 0 Å². The SMILES string of the molecule is C=C(C)/C(C)=C(/C)NN. The lowest BCUT2D eigenvalue weighted by Crippen LogP contribution is -2.20. The molecule has 0 radical (unpaired) electrons. The van der Waals surface area contributed by atoms with Crippen molar-refractivity contribution in [3.63, 3.8) is 0 Å². The average molecular weight is 126 g/mol. The van der Waals surface area contributed by atoms with E-state index < -0.39 is 0 Å². The van der Waals surface area contributed by atoms with Crippen LogP contribution in [0.15, 0.2) is 23.4 Å². The maximum absolute atomic E-state index is 5.16. The highest BCUT2D eigenvalue weighted by Gasteiger charge is 1.92. The molecule has 0 saturated heterocycles. The van der Waals surface area contributed by atoms with E-state index in [4.69, 9.17) is 5.84 Å². The summed E-state index contributed by atoms with van der Waals surface area (Å²) in [5.74, 6) is 5.16. The van der Waals surface area contributed by atoms with Crippen LogP contribution in [-0.4, -0.2) is 0 Å². The molecule has 0 amide bonds. The maximum atomic E-state index is 5.16. The first-order valence-corrected chi connectivity index (χ1v) is 2.89. The topological polar surface area (TPSA) is 38.0 Å². The van der Waals surface area contributed by atoms with E-state index in [1.807, 2.05) is 20.8 Å². The fraction of sp³-hybridized carbons (Fsp3) is 0.429. The van der Waals surface area contributed by atoms with Crippen LogP contribution in [0.25, 0.3) is 0 Å². The van der Waals surface area contributed by atoms with Crippen molar-refractivity contribution in [2.75, 3.05) is 0 Å². The van der Waals surface area contributed by atoms with Gasteiger partial charge in [-0.2, -0.15) is 0 Å². The Morgan fingerprint density at radius 1 is 1.33 bits per heavy atom. The Kier molecular flexibility index (Phi) is 3.02. The van der Waals surface area contributed by atoms with Gasteiger partial charge in [0, 0.05) is 5.70 Å². The van der Waals surface area contributed by atoms with E-state index >= 15 is 0 Å². The van der Waals surface area contributed by atoms with Crippen LogP contribution in [0.2, 0.25) is 0 Å². The largest absolute Gasteiger partial charge is 0.328 e. The molecule has 0 aromatic carbocycles. The van der Waals surface area contributed by atoms with Crippen molar-refractivity contribution >= 4 is 0 Å². The summed E-state index contributed by atoms with van der Waals surface area (Å²) >= 11 is 0. The molecule has 0 atom stereocenters. The minimum atomic E-state index is 0.975. The molecule has 2 nitrogen and oxygen atoms in total. The van der Waals surface area contributed by atoms with Gasteiger partial charge in [-0.3, -0.25) is 5.84 Å². The molecule has 52 valence electrons. The molecule has 3 N–H and O–H groups in total. The molecule has 0 aromatic heterocycles. The molecule has 2 heteroatoms. The van der Waals surface area contributed by atoms with Crippen molar-refractivity contribution in [2.24, 2.45) is 5.84 Å². The number of hydrogen-bond acceptors (Lipinski definition) is 2. The molecule has 0 heterocycles. The summed E-state index contributed by atoms with van der Waals surface area (Å²) in [6, 6.07) is 0. The van der Waals surface area contributed by atoms with Crippen molar-refractivity contribution < 1.29 is 0 Å². The van der Waals surface area contributed by atoms with E-state index in [2.05, 4.69) is 12.0 Å². The maximum Gasteiger partial charge on any atom is 0.0259 e. The van der Waals surface area contributed by atoms with Gasteiger partial charge in [-0.1, -0.05) is 12.2 Å². The van der Waals surface area contributed by atoms with Gasteiger partial charge in [-0.25, -0.2) is 0 Å². The lowest BCUT2D eigenvalue weighted by molar-refractivity contribution is 0.868. The van der Waals surface area contributed by atoms with Crippen molar-refractivity contribution in [1.29, 1.82) is 0 Å². The summed E-state index contributed by atoms with van der Waals surface area (Å²) in [5, 5.41) is 0. The number of nitrogens with two attached hydrogens (primary N) is 1. The van der Waals surface area contributed by atoms with E-state index in [1.165, 1.54) is 0 Å². The summed E-state index contributed by atoms with van der Waals surface area (Å²) in [5.41, 5.74) is 5.71. The van der Waals surface area contributed by atoms with Gasteiger partial charge in [0.2, 0.25) is 0 Å². The molecule has 0 spiro atoms. The Bertz CT molecular complexity index is 145. The van der Waals surface area contributed by atoms with Crippen LogP contribution >= 0.6 is 0 Å². The Labute approximate surface area is 56.4 Å². The zero-order valence-electron chi connectivity index (χ0n) is 6.28. The van der Waals surface area contributed by atoms with Gasteiger partial charge in [-0.15, -0.1) is 0 Å². The lowest BCUT2D eigenvalue weighted by atomic mass is 10.1. The van der Waals surface area contributed by atoms with Gasteiger partial charge in [0.25, 0.3) is 0 Å². The van der Waals surface area contributed by atoms with E-state index in [-0.39, 0.29) is 0 Å². The number of allylic oxidation sites excluding steroid dienone is 3. The second-order valence-electron chi connectivity index (χ2n) is 2.17. The summed E-state index contributed by atoms with van der Waals surface area (Å²) < 4.78 is 0. The molecule has 0 fully saturated rings. The van der Waals surface area contributed by atoms with Crippen LogP contribution in [0, 0.1) is 0 Å². The number of hydrogen-bond donors (Lipinski definition) is 2. The highest BCUT2D eigenvalue weighted by atomic mass is 15.2. The molecule has 0 rings (SSSR count). The Hall–Kier alpha value is -0.760. The molecule has 0 saturated carbocycles. The van der Waals surface area contributed by atoms with Gasteiger partial charge < -0.3 is 5.43 Å². The summed E-state index contributed by atoms with van der Waals surface area (Å²) in [6.07, 6.45) is 0.